The van der Waals surface area contributed by atoms with Gasteiger partial charge < -0.3 is 9.47 Å². The summed E-state index contributed by atoms with van der Waals surface area (Å²) in [5.41, 5.74) is 18.7. The van der Waals surface area contributed by atoms with E-state index in [2.05, 4.69) is 264 Å². The molecule has 0 unspecified atom stereocenters. The van der Waals surface area contributed by atoms with Crippen LogP contribution in [0.4, 0.5) is 17.1 Å². The summed E-state index contributed by atoms with van der Waals surface area (Å²) in [6.07, 6.45) is 0. The van der Waals surface area contributed by atoms with Crippen LogP contribution >= 0.6 is 0 Å². The second kappa shape index (κ2) is 16.1. The summed E-state index contributed by atoms with van der Waals surface area (Å²) in [5, 5.41) is 2.51. The molecule has 0 aliphatic rings. The number of nitrogens with zero attached hydrogens (tertiary/aromatic N) is 2. The second-order valence-corrected chi connectivity index (χ2v) is 15.7. The SMILES string of the molecule is c1ccc(-c2ccc(-c3ccc(N(c4ccc(-c5ccccc5)cc4)c4ccc(-c5ccccc5-n5c6ccccc6c6ccccc65)cc4)cc3-c3ccccc3)cc2)cc1. The molecule has 0 bridgehead atoms. The molecular formula is C60H42N2. The van der Waals surface area contributed by atoms with Gasteiger partial charge in [0.25, 0.3) is 0 Å². The monoisotopic (exact) mass is 790 g/mol. The highest BCUT2D eigenvalue weighted by atomic mass is 15.1. The minimum atomic E-state index is 1.08. The zero-order valence-corrected chi connectivity index (χ0v) is 34.1. The fraction of sp³-hybridized carbons (Fsp3) is 0. The van der Waals surface area contributed by atoms with Gasteiger partial charge in [-0.25, -0.2) is 0 Å². The molecule has 0 fully saturated rings. The number of hydrogen-bond acceptors (Lipinski definition) is 1. The Morgan fingerprint density at radius 3 is 1.18 bits per heavy atom. The maximum atomic E-state index is 2.41. The van der Waals surface area contributed by atoms with E-state index in [1.165, 1.54) is 71.9 Å². The minimum Gasteiger partial charge on any atom is -0.310 e. The van der Waals surface area contributed by atoms with Crippen LogP contribution in [-0.2, 0) is 0 Å². The van der Waals surface area contributed by atoms with E-state index in [9.17, 15) is 0 Å². The first kappa shape index (κ1) is 36.8. The van der Waals surface area contributed by atoms with Crippen molar-refractivity contribution in [1.82, 2.24) is 4.57 Å². The van der Waals surface area contributed by atoms with Gasteiger partial charge >= 0.3 is 0 Å². The van der Waals surface area contributed by atoms with Gasteiger partial charge in [0, 0.05) is 33.4 Å². The zero-order valence-electron chi connectivity index (χ0n) is 34.1. The number of para-hydroxylation sites is 3. The quantitative estimate of drug-likeness (QED) is 0.141. The largest absolute Gasteiger partial charge is 0.310 e. The molecule has 0 saturated carbocycles. The molecule has 292 valence electrons. The number of aromatic nitrogens is 1. The maximum Gasteiger partial charge on any atom is 0.0541 e. The van der Waals surface area contributed by atoms with Crippen LogP contribution in [0.2, 0.25) is 0 Å². The summed E-state index contributed by atoms with van der Waals surface area (Å²) < 4.78 is 2.41. The van der Waals surface area contributed by atoms with Crippen LogP contribution in [0.1, 0.15) is 0 Å². The third-order valence-electron chi connectivity index (χ3n) is 12.0. The highest BCUT2D eigenvalue weighted by Gasteiger charge is 2.19. The molecule has 0 N–H and O–H groups in total. The third-order valence-corrected chi connectivity index (χ3v) is 12.0. The third kappa shape index (κ3) is 6.84. The van der Waals surface area contributed by atoms with Crippen molar-refractivity contribution < 1.29 is 0 Å². The van der Waals surface area contributed by atoms with E-state index in [4.69, 9.17) is 0 Å². The Morgan fingerprint density at radius 1 is 0.242 bits per heavy atom. The van der Waals surface area contributed by atoms with Gasteiger partial charge in [0.2, 0.25) is 0 Å². The van der Waals surface area contributed by atoms with Gasteiger partial charge in [-0.3, -0.25) is 0 Å². The van der Waals surface area contributed by atoms with E-state index in [0.717, 1.165) is 28.3 Å². The van der Waals surface area contributed by atoms with E-state index in [-0.39, 0.29) is 0 Å². The molecule has 62 heavy (non-hydrogen) atoms. The van der Waals surface area contributed by atoms with Gasteiger partial charge in [0.1, 0.15) is 0 Å². The average molecular weight is 791 g/mol. The number of anilines is 3. The first-order valence-corrected chi connectivity index (χ1v) is 21.3. The minimum absolute atomic E-state index is 1.08. The number of hydrogen-bond donors (Lipinski definition) is 0. The maximum absolute atomic E-state index is 2.41. The van der Waals surface area contributed by atoms with Crippen LogP contribution in [-0.4, -0.2) is 4.57 Å². The lowest BCUT2D eigenvalue weighted by molar-refractivity contribution is 1.18. The summed E-state index contributed by atoms with van der Waals surface area (Å²) in [5.74, 6) is 0. The Balaban J connectivity index is 1.03. The molecule has 0 amide bonds. The molecule has 0 aliphatic heterocycles. The Morgan fingerprint density at radius 2 is 0.613 bits per heavy atom. The Hall–Kier alpha value is -8.20. The van der Waals surface area contributed by atoms with Gasteiger partial charge in [0.05, 0.1) is 16.7 Å². The fourth-order valence-corrected chi connectivity index (χ4v) is 9.02. The Bertz CT molecular complexity index is 3240. The van der Waals surface area contributed by atoms with Gasteiger partial charge in [0.15, 0.2) is 0 Å². The molecule has 0 aliphatic carbocycles. The van der Waals surface area contributed by atoms with E-state index >= 15 is 0 Å². The van der Waals surface area contributed by atoms with Gasteiger partial charge in [-0.1, -0.05) is 200 Å². The average Bonchev–Trinajstić information content (AvgIpc) is 3.70. The molecule has 11 aromatic rings. The highest BCUT2D eigenvalue weighted by molar-refractivity contribution is 6.09. The van der Waals surface area contributed by atoms with Crippen LogP contribution in [0.5, 0.6) is 0 Å². The van der Waals surface area contributed by atoms with Crippen LogP contribution in [0, 0.1) is 0 Å². The Labute approximate surface area is 362 Å². The molecule has 2 nitrogen and oxygen atoms in total. The molecule has 1 heterocycles. The van der Waals surface area contributed by atoms with Crippen molar-refractivity contribution in [3.05, 3.63) is 255 Å². The predicted molar refractivity (Wildman–Crippen MR) is 263 cm³/mol. The van der Waals surface area contributed by atoms with Gasteiger partial charge in [-0.2, -0.15) is 0 Å². The van der Waals surface area contributed by atoms with Crippen molar-refractivity contribution in [3.8, 4) is 61.3 Å². The van der Waals surface area contributed by atoms with Crippen LogP contribution in [0.15, 0.2) is 255 Å². The van der Waals surface area contributed by atoms with E-state index in [0.29, 0.717) is 0 Å². The summed E-state index contributed by atoms with van der Waals surface area (Å²) in [7, 11) is 0. The number of benzene rings is 10. The first-order valence-electron chi connectivity index (χ1n) is 21.3. The second-order valence-electron chi connectivity index (χ2n) is 15.7. The molecule has 11 rings (SSSR count). The smallest absolute Gasteiger partial charge is 0.0541 e. The van der Waals surface area contributed by atoms with Gasteiger partial charge in [-0.05, 0) is 105 Å². The molecule has 10 aromatic carbocycles. The van der Waals surface area contributed by atoms with Crippen LogP contribution < -0.4 is 4.90 Å². The number of fused-ring (bicyclic) bond motifs is 3. The molecule has 0 atom stereocenters. The fourth-order valence-electron chi connectivity index (χ4n) is 9.02. The van der Waals surface area contributed by atoms with Crippen molar-refractivity contribution in [2.75, 3.05) is 4.90 Å². The molecule has 0 spiro atoms. The van der Waals surface area contributed by atoms with E-state index < -0.39 is 0 Å². The number of rotatable bonds is 9. The molecule has 1 aromatic heterocycles. The highest BCUT2D eigenvalue weighted by Crippen LogP contribution is 2.43. The zero-order chi connectivity index (χ0) is 41.2. The predicted octanol–water partition coefficient (Wildman–Crippen LogP) is 16.6. The molecular weight excluding hydrogens is 749 g/mol. The van der Waals surface area contributed by atoms with E-state index in [1.807, 2.05) is 0 Å². The lowest BCUT2D eigenvalue weighted by atomic mass is 9.92. The van der Waals surface area contributed by atoms with Crippen LogP contribution in [0.25, 0.3) is 83.1 Å². The molecule has 0 radical (unpaired) electrons. The molecule has 0 saturated heterocycles. The van der Waals surface area contributed by atoms with Crippen molar-refractivity contribution in [2.24, 2.45) is 0 Å². The van der Waals surface area contributed by atoms with Crippen molar-refractivity contribution in [3.63, 3.8) is 0 Å². The van der Waals surface area contributed by atoms with Crippen LogP contribution in [0.3, 0.4) is 0 Å². The first-order chi connectivity index (χ1) is 30.8. The lowest BCUT2D eigenvalue weighted by Crippen LogP contribution is -2.10. The topological polar surface area (TPSA) is 8.17 Å². The summed E-state index contributed by atoms with van der Waals surface area (Å²) in [4.78, 5) is 2.38. The Kier molecular flexibility index (Phi) is 9.57. The summed E-state index contributed by atoms with van der Waals surface area (Å²) in [6.45, 7) is 0. The molecule has 2 heteroatoms. The van der Waals surface area contributed by atoms with E-state index in [1.54, 1.807) is 0 Å². The lowest BCUT2D eigenvalue weighted by Gasteiger charge is -2.27. The standard InChI is InChI=1S/C60H42N2/c1-4-16-43(17-5-1)45-28-30-48(31-29-45)53-41-40-52(42-57(53)47-20-8-3-9-21-47)61(50-36-32-46(33-37-50)44-18-6-2-7-19-44)51-38-34-49(35-39-51)54-22-10-13-25-58(54)62-59-26-14-11-23-55(59)56-24-12-15-27-60(56)62/h1-42H. The van der Waals surface area contributed by atoms with Crippen molar-refractivity contribution >= 4 is 38.9 Å². The van der Waals surface area contributed by atoms with Crippen molar-refractivity contribution in [1.29, 1.82) is 0 Å². The summed E-state index contributed by atoms with van der Waals surface area (Å²) >= 11 is 0. The summed E-state index contributed by atoms with van der Waals surface area (Å²) in [6, 6.07) is 92.0. The van der Waals surface area contributed by atoms with Crippen molar-refractivity contribution in [2.45, 2.75) is 0 Å². The normalized spacial score (nSPS) is 11.2. The van der Waals surface area contributed by atoms with Gasteiger partial charge in [-0.15, -0.1) is 0 Å².